The van der Waals surface area contributed by atoms with E-state index < -0.39 is 0 Å². The van der Waals surface area contributed by atoms with Crippen molar-refractivity contribution in [3.63, 3.8) is 0 Å². The molecular weight excluding hydrogens is 370 g/mol. The highest BCUT2D eigenvalue weighted by molar-refractivity contribution is 5.76. The van der Waals surface area contributed by atoms with E-state index in [4.69, 9.17) is 18.9 Å². The first-order valence-corrected chi connectivity index (χ1v) is 9.96. The summed E-state index contributed by atoms with van der Waals surface area (Å²) in [6, 6.07) is 9.72. The topological polar surface area (TPSA) is 66.0 Å². The number of ether oxygens (including phenoxy) is 4. The lowest BCUT2D eigenvalue weighted by Gasteiger charge is -2.13. The van der Waals surface area contributed by atoms with Crippen molar-refractivity contribution in [3.8, 4) is 23.0 Å². The van der Waals surface area contributed by atoms with Gasteiger partial charge in [0, 0.05) is 30.5 Å². The van der Waals surface area contributed by atoms with Crippen molar-refractivity contribution < 1.29 is 23.7 Å². The molecule has 0 radical (unpaired) electrons. The number of aryl methyl sites for hydroxylation is 1. The first-order chi connectivity index (χ1) is 14.0. The quantitative estimate of drug-likeness (QED) is 0.697. The molecule has 156 valence electrons. The van der Waals surface area contributed by atoms with Gasteiger partial charge >= 0.3 is 0 Å². The van der Waals surface area contributed by atoms with Crippen LogP contribution in [-0.4, -0.2) is 32.8 Å². The molecule has 0 aliphatic carbocycles. The number of carbonyl (C=O) groups is 1. The van der Waals surface area contributed by atoms with Gasteiger partial charge in [-0.25, -0.2) is 0 Å². The van der Waals surface area contributed by atoms with Gasteiger partial charge in [-0.2, -0.15) is 0 Å². The van der Waals surface area contributed by atoms with E-state index in [1.54, 1.807) is 14.2 Å². The van der Waals surface area contributed by atoms with Crippen LogP contribution in [0.25, 0.3) is 0 Å². The summed E-state index contributed by atoms with van der Waals surface area (Å²) in [6.07, 6.45) is 2.06. The number of rotatable bonds is 9. The average Bonchev–Trinajstić information content (AvgIpc) is 3.09. The van der Waals surface area contributed by atoms with E-state index >= 15 is 0 Å². The second-order valence-corrected chi connectivity index (χ2v) is 7.10. The minimum Gasteiger partial charge on any atom is -0.494 e. The lowest BCUT2D eigenvalue weighted by molar-refractivity contribution is -0.121. The van der Waals surface area contributed by atoms with Crippen LogP contribution >= 0.6 is 0 Å². The van der Waals surface area contributed by atoms with Gasteiger partial charge in [-0.05, 0) is 50.1 Å². The number of nitrogens with one attached hydrogen (secondary N) is 1. The van der Waals surface area contributed by atoms with Gasteiger partial charge in [0.2, 0.25) is 5.91 Å². The summed E-state index contributed by atoms with van der Waals surface area (Å²) in [7, 11) is 3.21. The van der Waals surface area contributed by atoms with E-state index in [0.717, 1.165) is 34.6 Å². The lowest BCUT2D eigenvalue weighted by atomic mass is 10.1. The number of hydrogen-bond donors (Lipinski definition) is 1. The molecule has 0 saturated heterocycles. The Bertz CT molecular complexity index is 865. The molecular formula is C23H29NO5. The Morgan fingerprint density at radius 1 is 1.14 bits per heavy atom. The third-order valence-electron chi connectivity index (χ3n) is 4.94. The molecule has 0 bridgehead atoms. The Balaban J connectivity index is 1.59. The fourth-order valence-corrected chi connectivity index (χ4v) is 3.49. The summed E-state index contributed by atoms with van der Waals surface area (Å²) < 4.78 is 22.2. The van der Waals surface area contributed by atoms with E-state index in [1.165, 1.54) is 0 Å². The van der Waals surface area contributed by atoms with Crippen LogP contribution in [0.2, 0.25) is 0 Å². The monoisotopic (exact) mass is 399 g/mol. The summed E-state index contributed by atoms with van der Waals surface area (Å²) in [5, 5.41) is 2.99. The number of carbonyl (C=O) groups excluding carboxylic acids is 1. The predicted octanol–water partition coefficient (Wildman–Crippen LogP) is 3.67. The van der Waals surface area contributed by atoms with Crippen LogP contribution in [0, 0.1) is 0 Å². The summed E-state index contributed by atoms with van der Waals surface area (Å²) in [4.78, 5) is 12.4. The molecule has 1 amide bonds. The molecule has 1 atom stereocenters. The van der Waals surface area contributed by atoms with Gasteiger partial charge in [0.15, 0.2) is 11.5 Å². The third kappa shape index (κ3) is 5.13. The summed E-state index contributed by atoms with van der Waals surface area (Å²) >= 11 is 0. The van der Waals surface area contributed by atoms with Crippen LogP contribution in [0.3, 0.4) is 0 Å². The van der Waals surface area contributed by atoms with Crippen LogP contribution in [-0.2, 0) is 24.2 Å². The first kappa shape index (κ1) is 20.8. The molecule has 0 unspecified atom stereocenters. The number of amides is 1. The second kappa shape index (κ2) is 9.54. The molecule has 2 aromatic carbocycles. The van der Waals surface area contributed by atoms with Crippen molar-refractivity contribution in [2.24, 2.45) is 0 Å². The average molecular weight is 399 g/mol. The van der Waals surface area contributed by atoms with Crippen LogP contribution in [0.15, 0.2) is 30.3 Å². The van der Waals surface area contributed by atoms with Crippen molar-refractivity contribution in [1.29, 1.82) is 0 Å². The standard InChI is InChI=1S/C23H29NO5/c1-5-28-20-12-17-10-15(2)29-21(17)13-18(20)14-24-23(25)9-7-16-6-8-19(26-3)22(11-16)27-4/h6,8,11-13,15H,5,7,9-10,14H2,1-4H3,(H,24,25)/t15-/m1/s1. The molecule has 1 aliphatic heterocycles. The van der Waals surface area contributed by atoms with Gasteiger partial charge in [0.05, 0.1) is 20.8 Å². The van der Waals surface area contributed by atoms with Crippen molar-refractivity contribution in [2.75, 3.05) is 20.8 Å². The van der Waals surface area contributed by atoms with E-state index in [9.17, 15) is 4.79 Å². The molecule has 6 heteroatoms. The van der Waals surface area contributed by atoms with Crippen molar-refractivity contribution in [2.45, 2.75) is 45.8 Å². The smallest absolute Gasteiger partial charge is 0.220 e. The molecule has 1 N–H and O–H groups in total. The number of methoxy groups -OCH3 is 2. The van der Waals surface area contributed by atoms with Gasteiger partial charge in [-0.15, -0.1) is 0 Å². The van der Waals surface area contributed by atoms with Crippen LogP contribution in [0.1, 0.15) is 37.0 Å². The Morgan fingerprint density at radius 2 is 1.93 bits per heavy atom. The van der Waals surface area contributed by atoms with E-state index in [0.29, 0.717) is 37.5 Å². The number of fused-ring (bicyclic) bond motifs is 1. The zero-order valence-electron chi connectivity index (χ0n) is 17.5. The Labute approximate surface area is 172 Å². The molecule has 1 aliphatic rings. The van der Waals surface area contributed by atoms with E-state index in [1.807, 2.05) is 37.3 Å². The van der Waals surface area contributed by atoms with Crippen molar-refractivity contribution in [1.82, 2.24) is 5.32 Å². The largest absolute Gasteiger partial charge is 0.494 e. The second-order valence-electron chi connectivity index (χ2n) is 7.10. The van der Waals surface area contributed by atoms with Crippen LogP contribution < -0.4 is 24.3 Å². The third-order valence-corrected chi connectivity index (χ3v) is 4.94. The van der Waals surface area contributed by atoms with Gasteiger partial charge in [0.1, 0.15) is 17.6 Å². The summed E-state index contributed by atoms with van der Waals surface area (Å²) in [5.41, 5.74) is 3.11. The van der Waals surface area contributed by atoms with Crippen LogP contribution in [0.4, 0.5) is 0 Å². The highest BCUT2D eigenvalue weighted by atomic mass is 16.5. The maximum atomic E-state index is 12.4. The first-order valence-electron chi connectivity index (χ1n) is 9.96. The molecule has 0 saturated carbocycles. The SMILES string of the molecule is CCOc1cc2c(cc1CNC(=O)CCc1ccc(OC)c(OC)c1)O[C@H](C)C2. The molecule has 2 aromatic rings. The molecule has 0 spiro atoms. The van der Waals surface area contributed by atoms with E-state index in [-0.39, 0.29) is 12.0 Å². The molecule has 0 aromatic heterocycles. The molecule has 6 nitrogen and oxygen atoms in total. The van der Waals surface area contributed by atoms with Crippen molar-refractivity contribution >= 4 is 5.91 Å². The molecule has 3 rings (SSSR count). The molecule has 29 heavy (non-hydrogen) atoms. The summed E-state index contributed by atoms with van der Waals surface area (Å²) in [5.74, 6) is 3.02. The Hall–Kier alpha value is -2.89. The van der Waals surface area contributed by atoms with Gasteiger partial charge in [0.25, 0.3) is 0 Å². The molecule has 1 heterocycles. The lowest BCUT2D eigenvalue weighted by Crippen LogP contribution is -2.23. The van der Waals surface area contributed by atoms with Crippen molar-refractivity contribution in [3.05, 3.63) is 47.0 Å². The minimum atomic E-state index is -0.0166. The Morgan fingerprint density at radius 3 is 2.66 bits per heavy atom. The normalized spacial score (nSPS) is 14.7. The van der Waals surface area contributed by atoms with E-state index in [2.05, 4.69) is 12.2 Å². The maximum Gasteiger partial charge on any atom is 0.220 e. The van der Waals surface area contributed by atoms with Gasteiger partial charge < -0.3 is 24.3 Å². The maximum absolute atomic E-state index is 12.4. The number of hydrogen-bond acceptors (Lipinski definition) is 5. The van der Waals surface area contributed by atoms with Crippen LogP contribution in [0.5, 0.6) is 23.0 Å². The fourth-order valence-electron chi connectivity index (χ4n) is 3.49. The zero-order chi connectivity index (χ0) is 20.8. The highest BCUT2D eigenvalue weighted by Gasteiger charge is 2.22. The highest BCUT2D eigenvalue weighted by Crippen LogP contribution is 2.35. The van der Waals surface area contributed by atoms with Gasteiger partial charge in [-0.3, -0.25) is 4.79 Å². The minimum absolute atomic E-state index is 0.0166. The zero-order valence-corrected chi connectivity index (χ0v) is 17.5. The number of benzene rings is 2. The fraction of sp³-hybridized carbons (Fsp3) is 0.435. The molecule has 0 fully saturated rings. The summed E-state index contributed by atoms with van der Waals surface area (Å²) in [6.45, 7) is 4.99. The predicted molar refractivity (Wildman–Crippen MR) is 111 cm³/mol. The van der Waals surface area contributed by atoms with Gasteiger partial charge in [-0.1, -0.05) is 6.07 Å². The Kier molecular flexibility index (Phi) is 6.86.